The van der Waals surface area contributed by atoms with Gasteiger partial charge < -0.3 is 0 Å². The highest BCUT2D eigenvalue weighted by Crippen LogP contribution is 2.06. The summed E-state index contributed by atoms with van der Waals surface area (Å²) >= 11 is 0. The summed E-state index contributed by atoms with van der Waals surface area (Å²) in [7, 11) is 3.55. The fourth-order valence-corrected chi connectivity index (χ4v) is 1.66. The van der Waals surface area contributed by atoms with Crippen molar-refractivity contribution in [2.75, 3.05) is 0 Å². The molecule has 0 fully saturated rings. The topological polar surface area (TPSA) is 52.7 Å². The van der Waals surface area contributed by atoms with Crippen molar-refractivity contribution in [2.24, 2.45) is 14.1 Å². The van der Waals surface area contributed by atoms with Gasteiger partial charge in [0.2, 0.25) is 0 Å². The first-order valence-corrected chi connectivity index (χ1v) is 5.02. The van der Waals surface area contributed by atoms with Gasteiger partial charge in [-0.25, -0.2) is 4.98 Å². The maximum atomic E-state index is 11.9. The molecule has 0 saturated heterocycles. The van der Waals surface area contributed by atoms with E-state index in [1.165, 1.54) is 0 Å². The Balaban J connectivity index is 2.79. The summed E-state index contributed by atoms with van der Waals surface area (Å²) in [5.74, 6) is 0.818. The third-order valence-electron chi connectivity index (χ3n) is 2.54. The van der Waals surface area contributed by atoms with Gasteiger partial charge in [-0.05, 0) is 6.42 Å². The van der Waals surface area contributed by atoms with Crippen molar-refractivity contribution in [3.63, 3.8) is 0 Å². The number of rotatable bonds is 2. The predicted molar refractivity (Wildman–Crippen MR) is 57.7 cm³/mol. The van der Waals surface area contributed by atoms with Gasteiger partial charge in [0.1, 0.15) is 11.2 Å². The van der Waals surface area contributed by atoms with E-state index in [0.29, 0.717) is 11.0 Å². The summed E-state index contributed by atoms with van der Waals surface area (Å²) in [4.78, 5) is 16.4. The Morgan fingerprint density at radius 2 is 2.13 bits per heavy atom. The molecule has 0 aliphatic carbocycles. The van der Waals surface area contributed by atoms with Crippen LogP contribution in [0.3, 0.4) is 0 Å². The number of aryl methyl sites for hydroxylation is 2. The summed E-state index contributed by atoms with van der Waals surface area (Å²) < 4.78 is 3.24. The van der Waals surface area contributed by atoms with Crippen molar-refractivity contribution in [3.05, 3.63) is 22.4 Å². The van der Waals surface area contributed by atoms with Gasteiger partial charge in [-0.15, -0.1) is 0 Å². The predicted octanol–water partition coefficient (Wildman–Crippen LogP) is 0.619. The summed E-state index contributed by atoms with van der Waals surface area (Å²) in [6.45, 7) is 2.07. The molecule has 0 N–H and O–H groups in total. The number of aromatic nitrogens is 4. The van der Waals surface area contributed by atoms with Crippen LogP contribution in [0, 0.1) is 0 Å². The van der Waals surface area contributed by atoms with E-state index < -0.39 is 0 Å². The van der Waals surface area contributed by atoms with Crippen LogP contribution in [-0.2, 0) is 20.5 Å². The SMILES string of the molecule is CCCc1nc2c(cnn2C)c(=O)n1C. The number of nitrogens with zero attached hydrogens (tertiary/aromatic N) is 4. The Labute approximate surface area is 87.4 Å². The summed E-state index contributed by atoms with van der Waals surface area (Å²) in [6.07, 6.45) is 3.36. The van der Waals surface area contributed by atoms with Crippen LogP contribution in [0.25, 0.3) is 11.0 Å². The Morgan fingerprint density at radius 3 is 2.80 bits per heavy atom. The molecular formula is C10H14N4O. The summed E-state index contributed by atoms with van der Waals surface area (Å²) in [5.41, 5.74) is 0.651. The highest BCUT2D eigenvalue weighted by atomic mass is 16.1. The largest absolute Gasteiger partial charge is 0.299 e. The van der Waals surface area contributed by atoms with E-state index in [-0.39, 0.29) is 5.56 Å². The fourth-order valence-electron chi connectivity index (χ4n) is 1.66. The van der Waals surface area contributed by atoms with Crippen molar-refractivity contribution in [1.29, 1.82) is 0 Å². The number of hydrogen-bond donors (Lipinski definition) is 0. The van der Waals surface area contributed by atoms with Gasteiger partial charge in [-0.1, -0.05) is 6.92 Å². The zero-order valence-corrected chi connectivity index (χ0v) is 9.19. The van der Waals surface area contributed by atoms with Crippen LogP contribution in [0.4, 0.5) is 0 Å². The molecule has 2 rings (SSSR count). The van der Waals surface area contributed by atoms with Crippen LogP contribution in [-0.4, -0.2) is 19.3 Å². The van der Waals surface area contributed by atoms with Crippen LogP contribution < -0.4 is 5.56 Å². The number of hydrogen-bond acceptors (Lipinski definition) is 3. The van der Waals surface area contributed by atoms with E-state index in [2.05, 4.69) is 17.0 Å². The molecule has 80 valence electrons. The minimum atomic E-state index is -0.0171. The molecule has 0 amide bonds. The van der Waals surface area contributed by atoms with E-state index in [1.54, 1.807) is 29.5 Å². The lowest BCUT2D eigenvalue weighted by Crippen LogP contribution is -2.22. The van der Waals surface area contributed by atoms with Crippen molar-refractivity contribution in [2.45, 2.75) is 19.8 Å². The highest BCUT2D eigenvalue weighted by molar-refractivity contribution is 5.73. The molecule has 0 spiro atoms. The van der Waals surface area contributed by atoms with Crippen molar-refractivity contribution in [1.82, 2.24) is 19.3 Å². The van der Waals surface area contributed by atoms with Gasteiger partial charge in [0.25, 0.3) is 5.56 Å². The van der Waals surface area contributed by atoms with Gasteiger partial charge in [-0.3, -0.25) is 14.0 Å². The second-order valence-corrected chi connectivity index (χ2v) is 3.65. The van der Waals surface area contributed by atoms with Gasteiger partial charge in [0.05, 0.1) is 6.20 Å². The van der Waals surface area contributed by atoms with Crippen LogP contribution in [0.5, 0.6) is 0 Å². The molecule has 2 heterocycles. The Hall–Kier alpha value is -1.65. The highest BCUT2D eigenvalue weighted by Gasteiger charge is 2.10. The van der Waals surface area contributed by atoms with E-state index in [4.69, 9.17) is 0 Å². The average Bonchev–Trinajstić information content (AvgIpc) is 2.57. The van der Waals surface area contributed by atoms with Crippen molar-refractivity contribution < 1.29 is 0 Å². The molecule has 5 heteroatoms. The molecular weight excluding hydrogens is 192 g/mol. The van der Waals surface area contributed by atoms with Crippen LogP contribution in [0.2, 0.25) is 0 Å². The smallest absolute Gasteiger partial charge is 0.264 e. The molecule has 0 saturated carbocycles. The molecule has 0 aliphatic rings. The first kappa shape index (κ1) is 9.89. The van der Waals surface area contributed by atoms with Crippen molar-refractivity contribution >= 4 is 11.0 Å². The second-order valence-electron chi connectivity index (χ2n) is 3.65. The van der Waals surface area contributed by atoms with Crippen LogP contribution in [0.15, 0.2) is 11.0 Å². The minimum Gasteiger partial charge on any atom is -0.299 e. The normalized spacial score (nSPS) is 11.1. The molecule has 2 aromatic heterocycles. The lowest BCUT2D eigenvalue weighted by Gasteiger charge is -2.05. The Morgan fingerprint density at radius 1 is 1.40 bits per heavy atom. The quantitative estimate of drug-likeness (QED) is 0.723. The molecule has 5 nitrogen and oxygen atoms in total. The van der Waals surface area contributed by atoms with Crippen LogP contribution in [0.1, 0.15) is 19.2 Å². The first-order valence-electron chi connectivity index (χ1n) is 5.02. The van der Waals surface area contributed by atoms with Gasteiger partial charge in [-0.2, -0.15) is 5.10 Å². The molecule has 0 atom stereocenters. The van der Waals surface area contributed by atoms with Gasteiger partial charge in [0, 0.05) is 20.5 Å². The molecule has 2 aromatic rings. The molecule has 0 radical (unpaired) electrons. The first-order chi connectivity index (χ1) is 7.15. The Bertz CT molecular complexity index is 552. The average molecular weight is 206 g/mol. The zero-order valence-electron chi connectivity index (χ0n) is 9.19. The second kappa shape index (κ2) is 3.49. The molecule has 0 unspecified atom stereocenters. The van der Waals surface area contributed by atoms with E-state index in [9.17, 15) is 4.79 Å². The fraction of sp³-hybridized carbons (Fsp3) is 0.500. The summed E-state index contributed by atoms with van der Waals surface area (Å²) in [5, 5.41) is 4.62. The van der Waals surface area contributed by atoms with E-state index >= 15 is 0 Å². The van der Waals surface area contributed by atoms with Gasteiger partial charge >= 0.3 is 0 Å². The third kappa shape index (κ3) is 1.44. The van der Waals surface area contributed by atoms with E-state index in [1.807, 2.05) is 0 Å². The van der Waals surface area contributed by atoms with Crippen molar-refractivity contribution in [3.8, 4) is 0 Å². The molecule has 15 heavy (non-hydrogen) atoms. The third-order valence-corrected chi connectivity index (χ3v) is 2.54. The summed E-state index contributed by atoms with van der Waals surface area (Å²) in [6, 6.07) is 0. The van der Waals surface area contributed by atoms with Crippen LogP contribution >= 0.6 is 0 Å². The van der Waals surface area contributed by atoms with Gasteiger partial charge in [0.15, 0.2) is 5.65 Å². The van der Waals surface area contributed by atoms with E-state index in [0.717, 1.165) is 18.7 Å². The lowest BCUT2D eigenvalue weighted by atomic mass is 10.3. The number of fused-ring (bicyclic) bond motifs is 1. The Kier molecular flexibility index (Phi) is 2.30. The standard InChI is InChI=1S/C10H14N4O/c1-4-5-8-12-9-7(6-11-14(9)3)10(15)13(8)2/h6H,4-5H2,1-3H3. The zero-order chi connectivity index (χ0) is 11.0. The maximum absolute atomic E-state index is 11.9. The minimum absolute atomic E-state index is 0.0171. The monoisotopic (exact) mass is 206 g/mol. The molecule has 0 bridgehead atoms. The maximum Gasteiger partial charge on any atom is 0.264 e. The lowest BCUT2D eigenvalue weighted by molar-refractivity contribution is 0.705. The molecule has 0 aromatic carbocycles. The molecule has 0 aliphatic heterocycles.